The summed E-state index contributed by atoms with van der Waals surface area (Å²) in [6, 6.07) is 3.32. The average molecular weight is 389 g/mol. The van der Waals surface area contributed by atoms with Gasteiger partial charge in [-0.05, 0) is 50.3 Å². The van der Waals surface area contributed by atoms with Crippen molar-refractivity contribution in [3.05, 3.63) is 40.2 Å². The van der Waals surface area contributed by atoms with E-state index >= 15 is 0 Å². The van der Waals surface area contributed by atoms with Crippen molar-refractivity contribution < 1.29 is 23.5 Å². The molecule has 2 N–H and O–H groups in total. The summed E-state index contributed by atoms with van der Waals surface area (Å²) in [5, 5.41) is 6.52. The molecule has 0 bridgehead atoms. The summed E-state index contributed by atoms with van der Waals surface area (Å²) in [6.07, 6.45) is 6.36. The molecule has 142 valence electrons. The fraction of sp³-hybridized carbons (Fsp3) is 0.333. The van der Waals surface area contributed by atoms with E-state index in [9.17, 15) is 14.4 Å². The Bertz CT molecular complexity index is 870. The zero-order chi connectivity index (χ0) is 19.2. The topological polar surface area (TPSA) is 110 Å². The fourth-order valence-corrected chi connectivity index (χ4v) is 4.08. The highest BCUT2D eigenvalue weighted by atomic mass is 32.1. The number of carbonyl (C=O) groups is 3. The lowest BCUT2D eigenvalue weighted by molar-refractivity contribution is -0.136. The molecule has 0 radical (unpaired) electrons. The van der Waals surface area contributed by atoms with E-state index < -0.39 is 17.8 Å². The molecule has 0 aliphatic heterocycles. The van der Waals surface area contributed by atoms with Crippen molar-refractivity contribution in [2.75, 3.05) is 11.9 Å². The predicted molar refractivity (Wildman–Crippen MR) is 100.0 cm³/mol. The number of hydrogen-bond donors (Lipinski definition) is 2. The van der Waals surface area contributed by atoms with Gasteiger partial charge in [-0.3, -0.25) is 9.59 Å². The van der Waals surface area contributed by atoms with Crippen LogP contribution in [0.25, 0.3) is 0 Å². The molecule has 2 aromatic heterocycles. The van der Waals surface area contributed by atoms with Crippen LogP contribution >= 0.6 is 11.3 Å². The highest BCUT2D eigenvalue weighted by Gasteiger charge is 2.28. The van der Waals surface area contributed by atoms with Crippen LogP contribution in [0.4, 0.5) is 5.00 Å². The molecular weight excluding hydrogens is 370 g/mol. The molecule has 2 aromatic rings. The second-order valence-corrected chi connectivity index (χ2v) is 6.91. The van der Waals surface area contributed by atoms with Gasteiger partial charge in [-0.1, -0.05) is 0 Å². The Labute approximate surface area is 159 Å². The van der Waals surface area contributed by atoms with Crippen LogP contribution in [0.5, 0.6) is 0 Å². The van der Waals surface area contributed by atoms with E-state index in [1.807, 2.05) is 0 Å². The summed E-state index contributed by atoms with van der Waals surface area (Å²) >= 11 is 1.32. The molecular formula is C18H19N3O5S. The Hall–Kier alpha value is -2.94. The lowest BCUT2D eigenvalue weighted by atomic mass is 9.95. The number of fused-ring (bicyclic) bond motifs is 1. The smallest absolute Gasteiger partial charge is 0.341 e. The van der Waals surface area contributed by atoms with Gasteiger partial charge in [-0.2, -0.15) is 5.10 Å². The molecule has 1 aliphatic carbocycles. The molecule has 2 amide bonds. The first-order chi connectivity index (χ1) is 13.1. The fourth-order valence-electron chi connectivity index (χ4n) is 2.80. The van der Waals surface area contributed by atoms with Gasteiger partial charge < -0.3 is 14.5 Å². The van der Waals surface area contributed by atoms with Crippen LogP contribution in [0.2, 0.25) is 0 Å². The number of esters is 1. The van der Waals surface area contributed by atoms with E-state index in [0.29, 0.717) is 16.3 Å². The molecule has 0 saturated carbocycles. The van der Waals surface area contributed by atoms with Crippen LogP contribution in [-0.4, -0.2) is 30.6 Å². The van der Waals surface area contributed by atoms with Gasteiger partial charge in [0, 0.05) is 4.88 Å². The van der Waals surface area contributed by atoms with E-state index in [2.05, 4.69) is 15.8 Å². The first kappa shape index (κ1) is 18.8. The first-order valence-electron chi connectivity index (χ1n) is 8.59. The predicted octanol–water partition coefficient (Wildman–Crippen LogP) is 2.49. The number of aryl methyl sites for hydroxylation is 1. The highest BCUT2D eigenvalue weighted by Crippen LogP contribution is 2.38. The van der Waals surface area contributed by atoms with Crippen LogP contribution < -0.4 is 10.7 Å². The SMILES string of the molecule is CCOC(=O)c1c(NC(=O)C(=O)N/N=C/c2ccco2)sc2c1CCCC2. The summed E-state index contributed by atoms with van der Waals surface area (Å²) in [4.78, 5) is 37.5. The van der Waals surface area contributed by atoms with Crippen molar-refractivity contribution in [3.63, 3.8) is 0 Å². The number of hydrogen-bond acceptors (Lipinski definition) is 7. The largest absolute Gasteiger partial charge is 0.463 e. The van der Waals surface area contributed by atoms with Gasteiger partial charge >= 0.3 is 17.8 Å². The van der Waals surface area contributed by atoms with Crippen molar-refractivity contribution in [1.82, 2.24) is 5.43 Å². The molecule has 0 fully saturated rings. The molecule has 0 aromatic carbocycles. The van der Waals surface area contributed by atoms with Crippen LogP contribution in [0, 0.1) is 0 Å². The van der Waals surface area contributed by atoms with Crippen molar-refractivity contribution in [1.29, 1.82) is 0 Å². The zero-order valence-corrected chi connectivity index (χ0v) is 15.6. The van der Waals surface area contributed by atoms with Gasteiger partial charge in [0.25, 0.3) is 0 Å². The molecule has 2 heterocycles. The number of furan rings is 1. The van der Waals surface area contributed by atoms with E-state index in [4.69, 9.17) is 9.15 Å². The minimum Gasteiger partial charge on any atom is -0.463 e. The zero-order valence-electron chi connectivity index (χ0n) is 14.7. The van der Waals surface area contributed by atoms with Gasteiger partial charge in [-0.25, -0.2) is 10.2 Å². The Balaban J connectivity index is 1.72. The van der Waals surface area contributed by atoms with E-state index in [0.717, 1.165) is 36.1 Å². The van der Waals surface area contributed by atoms with Crippen molar-refractivity contribution in [2.45, 2.75) is 32.6 Å². The number of carbonyl (C=O) groups excluding carboxylic acids is 3. The quantitative estimate of drug-likeness (QED) is 0.353. The minimum atomic E-state index is -0.945. The van der Waals surface area contributed by atoms with E-state index in [1.54, 1.807) is 19.1 Å². The standard InChI is InChI=1S/C18H19N3O5S/c1-2-25-18(24)14-12-7-3-4-8-13(12)27-17(14)20-15(22)16(23)21-19-10-11-6-5-9-26-11/h5-6,9-10H,2-4,7-8H2,1H3,(H,20,22)(H,21,23)/b19-10+. The average Bonchev–Trinajstić information content (AvgIpc) is 3.28. The van der Waals surface area contributed by atoms with Gasteiger partial charge in [0.05, 0.1) is 24.6 Å². The number of nitrogens with one attached hydrogen (secondary N) is 2. The Morgan fingerprint density at radius 2 is 2.11 bits per heavy atom. The third kappa shape index (κ3) is 4.43. The second-order valence-electron chi connectivity index (χ2n) is 5.80. The van der Waals surface area contributed by atoms with E-state index in [-0.39, 0.29) is 6.61 Å². The molecule has 1 aliphatic rings. The van der Waals surface area contributed by atoms with E-state index in [1.165, 1.54) is 23.8 Å². The van der Waals surface area contributed by atoms with Gasteiger partial charge in [0.15, 0.2) is 0 Å². The number of anilines is 1. The highest BCUT2D eigenvalue weighted by molar-refractivity contribution is 7.17. The van der Waals surface area contributed by atoms with Gasteiger partial charge in [0.2, 0.25) is 0 Å². The third-order valence-electron chi connectivity index (χ3n) is 3.99. The molecule has 27 heavy (non-hydrogen) atoms. The van der Waals surface area contributed by atoms with Crippen LogP contribution in [-0.2, 0) is 27.2 Å². The summed E-state index contributed by atoms with van der Waals surface area (Å²) in [5.41, 5.74) is 3.39. The normalized spacial score (nSPS) is 13.2. The molecule has 0 saturated heterocycles. The number of rotatable bonds is 5. The van der Waals surface area contributed by atoms with Crippen LogP contribution in [0.1, 0.15) is 46.3 Å². The lowest BCUT2D eigenvalue weighted by Gasteiger charge is -2.12. The Morgan fingerprint density at radius 1 is 1.30 bits per heavy atom. The van der Waals surface area contributed by atoms with Crippen molar-refractivity contribution in [3.8, 4) is 0 Å². The maximum absolute atomic E-state index is 12.4. The molecule has 9 heteroatoms. The second kappa shape index (κ2) is 8.63. The molecule has 0 unspecified atom stereocenters. The maximum atomic E-state index is 12.4. The molecule has 0 spiro atoms. The first-order valence-corrected chi connectivity index (χ1v) is 9.41. The summed E-state index contributed by atoms with van der Waals surface area (Å²) in [7, 11) is 0. The van der Waals surface area contributed by atoms with Gasteiger partial charge in [0.1, 0.15) is 10.8 Å². The molecule has 8 nitrogen and oxygen atoms in total. The summed E-state index contributed by atoms with van der Waals surface area (Å²) in [5.74, 6) is -1.90. The number of hydrazone groups is 1. The number of amides is 2. The minimum absolute atomic E-state index is 0.235. The number of ether oxygens (including phenoxy) is 1. The molecule has 0 atom stereocenters. The monoisotopic (exact) mass is 389 g/mol. The number of nitrogens with zero attached hydrogens (tertiary/aromatic N) is 1. The van der Waals surface area contributed by atoms with Crippen LogP contribution in [0.15, 0.2) is 27.9 Å². The summed E-state index contributed by atoms with van der Waals surface area (Å²) in [6.45, 7) is 1.96. The Morgan fingerprint density at radius 3 is 2.85 bits per heavy atom. The van der Waals surface area contributed by atoms with Crippen molar-refractivity contribution in [2.24, 2.45) is 5.10 Å². The molecule has 3 rings (SSSR count). The number of thiophene rings is 1. The maximum Gasteiger partial charge on any atom is 0.341 e. The Kier molecular flexibility index (Phi) is 6.02. The van der Waals surface area contributed by atoms with Crippen molar-refractivity contribution >= 4 is 40.3 Å². The van der Waals surface area contributed by atoms with Crippen LogP contribution in [0.3, 0.4) is 0 Å². The lowest BCUT2D eigenvalue weighted by Crippen LogP contribution is -2.32. The third-order valence-corrected chi connectivity index (χ3v) is 5.19. The summed E-state index contributed by atoms with van der Waals surface area (Å²) < 4.78 is 10.2. The van der Waals surface area contributed by atoms with Gasteiger partial charge in [-0.15, -0.1) is 11.3 Å².